The van der Waals surface area contributed by atoms with Gasteiger partial charge in [0.1, 0.15) is 0 Å². The first-order chi connectivity index (χ1) is 7.64. The van der Waals surface area contributed by atoms with E-state index in [0.717, 1.165) is 5.56 Å². The topological polar surface area (TPSA) is 46.5 Å². The lowest BCUT2D eigenvalue weighted by molar-refractivity contribution is 0.283. The van der Waals surface area contributed by atoms with E-state index in [1.165, 1.54) is 11.9 Å². The zero-order valence-corrected chi connectivity index (χ0v) is 10.0. The van der Waals surface area contributed by atoms with Gasteiger partial charge in [-0.1, -0.05) is 48.6 Å². The Morgan fingerprint density at radius 3 is 2.62 bits per heavy atom. The molecule has 1 unspecified atom stereocenters. The maximum atomic E-state index is 11.2. The van der Waals surface area contributed by atoms with Crippen LogP contribution in [0.5, 0.6) is 0 Å². The molecule has 0 aliphatic rings. The zero-order chi connectivity index (χ0) is 11.9. The molecule has 3 nitrogen and oxygen atoms in total. The normalized spacial score (nSPS) is 15.6. The predicted molar refractivity (Wildman–Crippen MR) is 66.1 cm³/mol. The van der Waals surface area contributed by atoms with Crippen molar-refractivity contribution in [1.82, 2.24) is 0 Å². The van der Waals surface area contributed by atoms with Crippen LogP contribution in [0.25, 0.3) is 6.08 Å². The number of benzene rings is 1. The van der Waals surface area contributed by atoms with Crippen molar-refractivity contribution >= 4 is 13.7 Å². The number of hydrogen-bond donors (Lipinski definition) is 1. The van der Waals surface area contributed by atoms with E-state index in [9.17, 15) is 9.46 Å². The Labute approximate surface area is 95.6 Å². The van der Waals surface area contributed by atoms with Crippen molar-refractivity contribution in [2.45, 2.75) is 6.92 Å². The van der Waals surface area contributed by atoms with Crippen LogP contribution in [0, 0.1) is 0 Å². The van der Waals surface area contributed by atoms with Crippen LogP contribution in [0.2, 0.25) is 0 Å². The fourth-order valence-corrected chi connectivity index (χ4v) is 1.89. The Bertz CT molecular complexity index is 410. The van der Waals surface area contributed by atoms with Crippen molar-refractivity contribution in [3.63, 3.8) is 0 Å². The molecule has 1 atom stereocenters. The van der Waals surface area contributed by atoms with Crippen molar-refractivity contribution in [1.29, 1.82) is 0 Å². The van der Waals surface area contributed by atoms with Gasteiger partial charge in [-0.2, -0.15) is 0 Å². The summed E-state index contributed by atoms with van der Waals surface area (Å²) in [6.07, 6.45) is 5.07. The van der Waals surface area contributed by atoms with E-state index in [-0.39, 0.29) is 6.61 Å². The van der Waals surface area contributed by atoms with E-state index in [1.807, 2.05) is 36.4 Å². The van der Waals surface area contributed by atoms with E-state index in [2.05, 4.69) is 4.52 Å². The molecule has 1 rings (SSSR count). The first-order valence-corrected chi connectivity index (χ1v) is 6.67. The maximum absolute atomic E-state index is 11.2. The van der Waals surface area contributed by atoms with Crippen LogP contribution < -0.4 is 0 Å². The standard InChI is InChI=1S/C12H15O3P/c1-2-15-16(13,14)11-7-6-10-12-8-4-3-5-9-12/h3-11H,2H2,1H3,(H,13,14)/b10-6+,11-7-. The number of allylic oxidation sites excluding steroid dienone is 2. The fourth-order valence-electron chi connectivity index (χ4n) is 1.12. The minimum atomic E-state index is -3.55. The van der Waals surface area contributed by atoms with Gasteiger partial charge < -0.3 is 9.42 Å². The first kappa shape index (κ1) is 12.9. The first-order valence-electron chi connectivity index (χ1n) is 5.02. The molecule has 0 radical (unpaired) electrons. The van der Waals surface area contributed by atoms with Gasteiger partial charge >= 0.3 is 7.60 Å². The number of hydrogen-bond acceptors (Lipinski definition) is 2. The SMILES string of the molecule is CCOP(=O)(O)/C=C\C=C\c1ccccc1. The van der Waals surface area contributed by atoms with Gasteiger partial charge in [-0.05, 0) is 12.5 Å². The van der Waals surface area contributed by atoms with Crippen LogP contribution in [0.4, 0.5) is 0 Å². The molecule has 0 heterocycles. The summed E-state index contributed by atoms with van der Waals surface area (Å²) in [4.78, 5) is 9.22. The highest BCUT2D eigenvalue weighted by Gasteiger charge is 2.11. The maximum Gasteiger partial charge on any atom is 0.351 e. The zero-order valence-electron chi connectivity index (χ0n) is 9.11. The van der Waals surface area contributed by atoms with Crippen LogP contribution >= 0.6 is 7.60 Å². The quantitative estimate of drug-likeness (QED) is 0.631. The smallest absolute Gasteiger partial charge is 0.321 e. The Balaban J connectivity index is 2.55. The predicted octanol–water partition coefficient (Wildman–Crippen LogP) is 3.44. The van der Waals surface area contributed by atoms with Crippen molar-refractivity contribution in [3.05, 3.63) is 53.9 Å². The van der Waals surface area contributed by atoms with Crippen LogP contribution in [0.1, 0.15) is 12.5 Å². The number of rotatable bonds is 5. The summed E-state index contributed by atoms with van der Waals surface area (Å²) in [5, 5.41) is 0. The third kappa shape index (κ3) is 5.08. The van der Waals surface area contributed by atoms with E-state index < -0.39 is 7.60 Å². The van der Waals surface area contributed by atoms with Gasteiger partial charge in [-0.25, -0.2) is 0 Å². The summed E-state index contributed by atoms with van der Waals surface area (Å²) in [5.41, 5.74) is 1.04. The highest BCUT2D eigenvalue weighted by atomic mass is 31.2. The molecule has 1 aromatic carbocycles. The molecule has 1 N–H and O–H groups in total. The van der Waals surface area contributed by atoms with Gasteiger partial charge in [-0.15, -0.1) is 0 Å². The summed E-state index contributed by atoms with van der Waals surface area (Å²) in [6, 6.07) is 9.70. The van der Waals surface area contributed by atoms with Crippen molar-refractivity contribution < 1.29 is 14.0 Å². The lowest BCUT2D eigenvalue weighted by Crippen LogP contribution is -1.83. The van der Waals surface area contributed by atoms with E-state index in [4.69, 9.17) is 0 Å². The molecule has 86 valence electrons. The average molecular weight is 238 g/mol. The van der Waals surface area contributed by atoms with Crippen LogP contribution in [0.3, 0.4) is 0 Å². The molecular weight excluding hydrogens is 223 g/mol. The lowest BCUT2D eigenvalue weighted by atomic mass is 10.2. The average Bonchev–Trinajstić information content (AvgIpc) is 2.26. The van der Waals surface area contributed by atoms with Crippen LogP contribution in [-0.4, -0.2) is 11.5 Å². The van der Waals surface area contributed by atoms with Gasteiger partial charge in [0.05, 0.1) is 6.61 Å². The second kappa shape index (κ2) is 6.44. The van der Waals surface area contributed by atoms with E-state index in [1.54, 1.807) is 13.0 Å². The Kier molecular flexibility index (Phi) is 5.20. The van der Waals surface area contributed by atoms with Gasteiger partial charge in [-0.3, -0.25) is 4.57 Å². The summed E-state index contributed by atoms with van der Waals surface area (Å²) in [6.45, 7) is 1.90. The molecule has 0 aliphatic carbocycles. The lowest BCUT2D eigenvalue weighted by Gasteiger charge is -2.03. The molecule has 0 aromatic heterocycles. The molecule has 1 aromatic rings. The Morgan fingerprint density at radius 2 is 2.00 bits per heavy atom. The van der Waals surface area contributed by atoms with E-state index >= 15 is 0 Å². The van der Waals surface area contributed by atoms with E-state index in [0.29, 0.717) is 0 Å². The fraction of sp³-hybridized carbons (Fsp3) is 0.167. The highest BCUT2D eigenvalue weighted by molar-refractivity contribution is 7.56. The summed E-state index contributed by atoms with van der Waals surface area (Å²) in [5.74, 6) is 1.18. The monoisotopic (exact) mass is 238 g/mol. The van der Waals surface area contributed by atoms with Gasteiger partial charge in [0, 0.05) is 5.82 Å². The Morgan fingerprint density at radius 1 is 1.31 bits per heavy atom. The van der Waals surface area contributed by atoms with Gasteiger partial charge in [0.15, 0.2) is 0 Å². The summed E-state index contributed by atoms with van der Waals surface area (Å²) < 4.78 is 15.9. The molecule has 0 spiro atoms. The van der Waals surface area contributed by atoms with Gasteiger partial charge in [0.25, 0.3) is 0 Å². The summed E-state index contributed by atoms with van der Waals surface area (Å²) in [7, 11) is -3.55. The van der Waals surface area contributed by atoms with Crippen LogP contribution in [-0.2, 0) is 9.09 Å². The van der Waals surface area contributed by atoms with Crippen LogP contribution in [0.15, 0.2) is 48.3 Å². The Hall–Kier alpha value is -1.15. The third-order valence-electron chi connectivity index (χ3n) is 1.79. The van der Waals surface area contributed by atoms with Crippen molar-refractivity contribution in [2.24, 2.45) is 0 Å². The minimum absolute atomic E-state index is 0.223. The molecule has 16 heavy (non-hydrogen) atoms. The van der Waals surface area contributed by atoms with Gasteiger partial charge in [0.2, 0.25) is 0 Å². The molecule has 4 heteroatoms. The molecule has 0 fully saturated rings. The molecular formula is C12H15O3P. The highest BCUT2D eigenvalue weighted by Crippen LogP contribution is 2.43. The molecule has 0 saturated heterocycles. The molecule has 0 aliphatic heterocycles. The molecule has 0 saturated carbocycles. The largest absolute Gasteiger partial charge is 0.351 e. The molecule has 0 bridgehead atoms. The second-order valence-corrected chi connectivity index (χ2v) is 4.78. The van der Waals surface area contributed by atoms with Crippen molar-refractivity contribution in [2.75, 3.05) is 6.61 Å². The van der Waals surface area contributed by atoms with Crippen molar-refractivity contribution in [3.8, 4) is 0 Å². The minimum Gasteiger partial charge on any atom is -0.321 e. The molecule has 0 amide bonds. The third-order valence-corrected chi connectivity index (χ3v) is 2.96. The summed E-state index contributed by atoms with van der Waals surface area (Å²) >= 11 is 0. The second-order valence-electron chi connectivity index (χ2n) is 3.09.